The molecule has 0 spiro atoms. The van der Waals surface area contributed by atoms with Crippen LogP contribution in [0.15, 0.2) is 72.8 Å². The lowest BCUT2D eigenvalue weighted by Crippen LogP contribution is -2.35. The average molecular weight is 318 g/mol. The number of nitrogens with zero attached hydrogens (tertiary/aromatic N) is 1. The molecule has 0 saturated heterocycles. The van der Waals surface area contributed by atoms with Crippen LogP contribution >= 0.6 is 0 Å². The summed E-state index contributed by atoms with van der Waals surface area (Å²) in [6, 6.07) is 23.9. The Morgan fingerprint density at radius 2 is 1.58 bits per heavy atom. The Bertz CT molecular complexity index is 827. The number of nitrogens with one attached hydrogen (secondary N) is 1. The third-order valence-electron chi connectivity index (χ3n) is 4.07. The maximum atomic E-state index is 12.7. The molecular formula is C21H22N2O. The smallest absolute Gasteiger partial charge is 0.251 e. The van der Waals surface area contributed by atoms with Gasteiger partial charge in [-0.05, 0) is 42.6 Å². The first-order valence-electron chi connectivity index (χ1n) is 8.13. The number of carbonyl (C=O) groups excluding carboxylic acids is 1. The van der Waals surface area contributed by atoms with E-state index >= 15 is 0 Å². The number of carbonyl (C=O) groups is 1. The van der Waals surface area contributed by atoms with Crippen molar-refractivity contribution in [3.05, 3.63) is 83.9 Å². The van der Waals surface area contributed by atoms with E-state index in [-0.39, 0.29) is 11.9 Å². The topological polar surface area (TPSA) is 32.3 Å². The van der Waals surface area contributed by atoms with Gasteiger partial charge in [0.05, 0.1) is 6.04 Å². The molecule has 3 rings (SSSR count). The molecule has 3 aromatic rings. The van der Waals surface area contributed by atoms with Gasteiger partial charge in [0.15, 0.2) is 0 Å². The zero-order valence-corrected chi connectivity index (χ0v) is 14.1. The van der Waals surface area contributed by atoms with Gasteiger partial charge in [0.25, 0.3) is 5.91 Å². The largest absolute Gasteiger partial charge is 0.344 e. The van der Waals surface area contributed by atoms with Crippen molar-refractivity contribution in [2.45, 2.75) is 6.04 Å². The lowest BCUT2D eigenvalue weighted by molar-refractivity contribution is 0.0930. The van der Waals surface area contributed by atoms with Crippen LogP contribution in [0.2, 0.25) is 0 Å². The van der Waals surface area contributed by atoms with E-state index < -0.39 is 0 Å². The van der Waals surface area contributed by atoms with E-state index in [1.165, 1.54) is 0 Å². The van der Waals surface area contributed by atoms with Gasteiger partial charge in [-0.15, -0.1) is 0 Å². The molecule has 0 radical (unpaired) electrons. The molecule has 24 heavy (non-hydrogen) atoms. The fourth-order valence-corrected chi connectivity index (χ4v) is 2.86. The highest BCUT2D eigenvalue weighted by atomic mass is 16.1. The van der Waals surface area contributed by atoms with Gasteiger partial charge in [0.1, 0.15) is 0 Å². The van der Waals surface area contributed by atoms with E-state index in [9.17, 15) is 4.79 Å². The molecule has 0 saturated carbocycles. The summed E-state index contributed by atoms with van der Waals surface area (Å²) in [4.78, 5) is 14.8. The molecule has 1 atom stereocenters. The van der Waals surface area contributed by atoms with Crippen LogP contribution in [0.5, 0.6) is 0 Å². The van der Waals surface area contributed by atoms with Crippen molar-refractivity contribution in [2.75, 3.05) is 20.6 Å². The van der Waals surface area contributed by atoms with E-state index in [0.29, 0.717) is 5.56 Å². The van der Waals surface area contributed by atoms with E-state index in [2.05, 4.69) is 28.4 Å². The van der Waals surface area contributed by atoms with Crippen LogP contribution in [0.25, 0.3) is 10.8 Å². The number of likely N-dealkylation sites (N-methyl/N-ethyl adjacent to an activating group) is 1. The second kappa shape index (κ2) is 7.28. The van der Waals surface area contributed by atoms with Crippen LogP contribution in [0, 0.1) is 0 Å². The van der Waals surface area contributed by atoms with Gasteiger partial charge in [0, 0.05) is 12.1 Å². The van der Waals surface area contributed by atoms with Gasteiger partial charge in [-0.25, -0.2) is 0 Å². The maximum absolute atomic E-state index is 12.7. The fraction of sp³-hybridized carbons (Fsp3) is 0.190. The van der Waals surface area contributed by atoms with Crippen molar-refractivity contribution in [1.82, 2.24) is 10.2 Å². The third-order valence-corrected chi connectivity index (χ3v) is 4.07. The van der Waals surface area contributed by atoms with Gasteiger partial charge >= 0.3 is 0 Å². The highest BCUT2D eigenvalue weighted by Gasteiger charge is 2.16. The van der Waals surface area contributed by atoms with Crippen molar-refractivity contribution >= 4 is 16.7 Å². The molecule has 122 valence electrons. The van der Waals surface area contributed by atoms with Crippen molar-refractivity contribution < 1.29 is 4.79 Å². The highest BCUT2D eigenvalue weighted by molar-refractivity contribution is 5.98. The molecule has 0 fully saturated rings. The van der Waals surface area contributed by atoms with Crippen LogP contribution in [0.4, 0.5) is 0 Å². The normalized spacial score (nSPS) is 12.3. The Balaban J connectivity index is 1.84. The summed E-state index contributed by atoms with van der Waals surface area (Å²) in [6.45, 7) is 0.753. The number of hydrogen-bond donors (Lipinski definition) is 1. The van der Waals surface area contributed by atoms with Crippen molar-refractivity contribution in [3.8, 4) is 0 Å². The molecule has 3 aromatic carbocycles. The molecule has 1 amide bonds. The molecule has 3 nitrogen and oxygen atoms in total. The first kappa shape index (κ1) is 16.2. The van der Waals surface area contributed by atoms with E-state index in [1.54, 1.807) is 0 Å². The summed E-state index contributed by atoms with van der Waals surface area (Å²) >= 11 is 0. The predicted octanol–water partition coefficient (Wildman–Crippen LogP) is 3.87. The molecule has 0 aliphatic rings. The standard InChI is InChI=1S/C21H22N2O/c1-23(2)15-20(17-9-4-3-5-10-17)22-21(24)19-13-12-16-8-6-7-11-18(16)14-19/h3-14,20H,15H2,1-2H3,(H,22,24)/t20-/m0/s1. The summed E-state index contributed by atoms with van der Waals surface area (Å²) in [5, 5.41) is 5.38. The van der Waals surface area contributed by atoms with Crippen LogP contribution in [0.3, 0.4) is 0 Å². The minimum absolute atomic E-state index is 0.0415. The monoisotopic (exact) mass is 318 g/mol. The SMILES string of the molecule is CN(C)C[C@H](NC(=O)c1ccc2ccccc2c1)c1ccccc1. The van der Waals surface area contributed by atoms with Crippen LogP contribution in [-0.4, -0.2) is 31.4 Å². The molecule has 0 bridgehead atoms. The maximum Gasteiger partial charge on any atom is 0.251 e. The summed E-state index contributed by atoms with van der Waals surface area (Å²) in [6.07, 6.45) is 0. The summed E-state index contributed by atoms with van der Waals surface area (Å²) in [7, 11) is 4.02. The molecule has 0 aromatic heterocycles. The highest BCUT2D eigenvalue weighted by Crippen LogP contribution is 2.18. The van der Waals surface area contributed by atoms with Gasteiger partial charge in [0.2, 0.25) is 0 Å². The first-order chi connectivity index (χ1) is 11.6. The lowest BCUT2D eigenvalue weighted by atomic mass is 10.0. The summed E-state index contributed by atoms with van der Waals surface area (Å²) < 4.78 is 0. The first-order valence-corrected chi connectivity index (χ1v) is 8.13. The van der Waals surface area contributed by atoms with Crippen LogP contribution in [0.1, 0.15) is 22.0 Å². The molecule has 0 aliphatic carbocycles. The van der Waals surface area contributed by atoms with Gasteiger partial charge < -0.3 is 10.2 Å². The van der Waals surface area contributed by atoms with Gasteiger partial charge in [-0.2, -0.15) is 0 Å². The number of hydrogen-bond acceptors (Lipinski definition) is 2. The van der Waals surface area contributed by atoms with Crippen molar-refractivity contribution in [1.29, 1.82) is 0 Å². The van der Waals surface area contributed by atoms with Gasteiger partial charge in [-0.1, -0.05) is 60.7 Å². The fourth-order valence-electron chi connectivity index (χ4n) is 2.86. The number of benzene rings is 3. The van der Waals surface area contributed by atoms with Crippen molar-refractivity contribution in [2.24, 2.45) is 0 Å². The zero-order chi connectivity index (χ0) is 16.9. The Labute approximate surface area is 142 Å². The minimum atomic E-state index is -0.0449. The Morgan fingerprint density at radius 3 is 2.29 bits per heavy atom. The molecule has 1 N–H and O–H groups in total. The van der Waals surface area contributed by atoms with Gasteiger partial charge in [-0.3, -0.25) is 4.79 Å². The summed E-state index contributed by atoms with van der Waals surface area (Å²) in [5.74, 6) is -0.0449. The Morgan fingerprint density at radius 1 is 0.917 bits per heavy atom. The molecular weight excluding hydrogens is 296 g/mol. The zero-order valence-electron chi connectivity index (χ0n) is 14.1. The minimum Gasteiger partial charge on any atom is -0.344 e. The number of rotatable bonds is 5. The number of fused-ring (bicyclic) bond motifs is 1. The Hall–Kier alpha value is -2.65. The van der Waals surface area contributed by atoms with E-state index in [0.717, 1.165) is 22.9 Å². The Kier molecular flexibility index (Phi) is 4.92. The third kappa shape index (κ3) is 3.81. The number of amides is 1. The van der Waals surface area contributed by atoms with E-state index in [1.807, 2.05) is 68.7 Å². The quantitative estimate of drug-likeness (QED) is 0.774. The molecule has 0 aliphatic heterocycles. The van der Waals surface area contributed by atoms with E-state index in [4.69, 9.17) is 0 Å². The van der Waals surface area contributed by atoms with Crippen molar-refractivity contribution in [3.63, 3.8) is 0 Å². The second-order valence-electron chi connectivity index (χ2n) is 6.26. The molecule has 0 unspecified atom stereocenters. The summed E-state index contributed by atoms with van der Waals surface area (Å²) in [5.41, 5.74) is 1.80. The lowest BCUT2D eigenvalue weighted by Gasteiger charge is -2.23. The molecule has 3 heteroatoms. The predicted molar refractivity (Wildman–Crippen MR) is 99.2 cm³/mol. The average Bonchev–Trinajstić information content (AvgIpc) is 2.61. The molecule has 0 heterocycles. The second-order valence-corrected chi connectivity index (χ2v) is 6.26. The van der Waals surface area contributed by atoms with Crippen LogP contribution < -0.4 is 5.32 Å². The van der Waals surface area contributed by atoms with Crippen LogP contribution in [-0.2, 0) is 0 Å².